The van der Waals surface area contributed by atoms with Crippen LogP contribution < -0.4 is 4.74 Å². The molecule has 0 aromatic heterocycles. The Balaban J connectivity index is 1.98. The maximum Gasteiger partial charge on any atom is 0.309 e. The van der Waals surface area contributed by atoms with E-state index < -0.39 is 5.79 Å². The fourth-order valence-electron chi connectivity index (χ4n) is 1.91. The van der Waals surface area contributed by atoms with Crippen LogP contribution in [0.4, 0.5) is 0 Å². The van der Waals surface area contributed by atoms with Gasteiger partial charge in [-0.1, -0.05) is 18.2 Å². The van der Waals surface area contributed by atoms with Crippen LogP contribution in [-0.4, -0.2) is 11.8 Å². The molecule has 3 heteroatoms. The van der Waals surface area contributed by atoms with Crippen molar-refractivity contribution < 1.29 is 14.3 Å². The molecule has 2 aliphatic rings. The molecule has 1 spiro atoms. The van der Waals surface area contributed by atoms with Gasteiger partial charge in [-0.05, 0) is 12.1 Å². The zero-order valence-corrected chi connectivity index (χ0v) is 8.10. The highest BCUT2D eigenvalue weighted by atomic mass is 16.7. The molecule has 0 saturated carbocycles. The van der Waals surface area contributed by atoms with E-state index in [1.165, 1.54) is 0 Å². The fourth-order valence-corrected chi connectivity index (χ4v) is 1.91. The van der Waals surface area contributed by atoms with Crippen molar-refractivity contribution in [2.24, 2.45) is 0 Å². The molecule has 1 unspecified atom stereocenters. The van der Waals surface area contributed by atoms with Crippen molar-refractivity contribution >= 4 is 12.0 Å². The largest absolute Gasteiger partial charge is 0.448 e. The molecular formula is C12H10O3. The number of hydrogen-bond acceptors (Lipinski definition) is 3. The number of benzene rings is 1. The van der Waals surface area contributed by atoms with Crippen molar-refractivity contribution in [1.29, 1.82) is 0 Å². The van der Waals surface area contributed by atoms with E-state index in [1.54, 1.807) is 0 Å². The molecule has 0 radical (unpaired) electrons. The Bertz CT molecular complexity index is 450. The van der Waals surface area contributed by atoms with E-state index in [9.17, 15) is 4.79 Å². The van der Waals surface area contributed by atoms with E-state index in [1.807, 2.05) is 36.4 Å². The topological polar surface area (TPSA) is 35.5 Å². The number of esters is 1. The van der Waals surface area contributed by atoms with Gasteiger partial charge in [0.1, 0.15) is 5.75 Å². The minimum atomic E-state index is -0.842. The third-order valence-corrected chi connectivity index (χ3v) is 2.68. The molecular weight excluding hydrogens is 192 g/mol. The van der Waals surface area contributed by atoms with Gasteiger partial charge < -0.3 is 9.47 Å². The first kappa shape index (κ1) is 8.53. The van der Waals surface area contributed by atoms with Gasteiger partial charge in [-0.2, -0.15) is 0 Å². The first-order chi connectivity index (χ1) is 7.27. The summed E-state index contributed by atoms with van der Waals surface area (Å²) in [6, 6.07) is 7.70. The summed E-state index contributed by atoms with van der Waals surface area (Å²) in [6.07, 6.45) is 4.78. The van der Waals surface area contributed by atoms with E-state index >= 15 is 0 Å². The zero-order chi connectivity index (χ0) is 10.3. The van der Waals surface area contributed by atoms with Crippen molar-refractivity contribution in [1.82, 2.24) is 0 Å². The SMILES string of the molecule is O=C1CCC2(C=Cc3ccccc3O2)O1. The number of fused-ring (bicyclic) bond motifs is 1. The smallest absolute Gasteiger partial charge is 0.309 e. The number of ether oxygens (including phenoxy) is 2. The Morgan fingerprint density at radius 3 is 2.87 bits per heavy atom. The Hall–Kier alpha value is -1.77. The van der Waals surface area contributed by atoms with Gasteiger partial charge in [-0.15, -0.1) is 0 Å². The van der Waals surface area contributed by atoms with Gasteiger partial charge in [0.25, 0.3) is 5.79 Å². The van der Waals surface area contributed by atoms with Crippen LogP contribution in [-0.2, 0) is 9.53 Å². The lowest BCUT2D eigenvalue weighted by atomic mass is 10.1. The molecule has 3 rings (SSSR count). The molecule has 76 valence electrons. The monoisotopic (exact) mass is 202 g/mol. The maximum atomic E-state index is 11.1. The summed E-state index contributed by atoms with van der Waals surface area (Å²) in [5, 5.41) is 0. The van der Waals surface area contributed by atoms with Crippen molar-refractivity contribution in [2.75, 3.05) is 0 Å². The van der Waals surface area contributed by atoms with Crippen LogP contribution in [0, 0.1) is 0 Å². The molecule has 0 amide bonds. The average molecular weight is 202 g/mol. The summed E-state index contributed by atoms with van der Waals surface area (Å²) in [5.41, 5.74) is 1.02. The molecule has 0 N–H and O–H groups in total. The third kappa shape index (κ3) is 1.31. The first-order valence-electron chi connectivity index (χ1n) is 4.97. The van der Waals surface area contributed by atoms with E-state index in [2.05, 4.69) is 0 Å². The second-order valence-corrected chi connectivity index (χ2v) is 3.76. The summed E-state index contributed by atoms with van der Waals surface area (Å²) in [5.74, 6) is -0.264. The Morgan fingerprint density at radius 1 is 1.20 bits per heavy atom. The maximum absolute atomic E-state index is 11.1. The predicted octanol–water partition coefficient (Wildman–Crippen LogP) is 2.13. The average Bonchev–Trinajstić information content (AvgIpc) is 2.60. The second-order valence-electron chi connectivity index (χ2n) is 3.76. The summed E-state index contributed by atoms with van der Waals surface area (Å²) in [6.45, 7) is 0. The van der Waals surface area contributed by atoms with Crippen LogP contribution in [0.5, 0.6) is 5.75 Å². The van der Waals surface area contributed by atoms with Crippen LogP contribution in [0.1, 0.15) is 18.4 Å². The van der Waals surface area contributed by atoms with Crippen LogP contribution in [0.2, 0.25) is 0 Å². The third-order valence-electron chi connectivity index (χ3n) is 2.68. The van der Waals surface area contributed by atoms with Gasteiger partial charge in [0.15, 0.2) is 0 Å². The minimum absolute atomic E-state index is 0.195. The number of carbonyl (C=O) groups excluding carboxylic acids is 1. The molecule has 1 atom stereocenters. The highest BCUT2D eigenvalue weighted by Gasteiger charge is 2.42. The van der Waals surface area contributed by atoms with E-state index in [4.69, 9.17) is 9.47 Å². The predicted molar refractivity (Wildman–Crippen MR) is 54.2 cm³/mol. The minimum Gasteiger partial charge on any atom is -0.448 e. The quantitative estimate of drug-likeness (QED) is 0.604. The van der Waals surface area contributed by atoms with Crippen molar-refractivity contribution in [3.63, 3.8) is 0 Å². The standard InChI is InChI=1S/C12H10O3/c13-11-6-8-12(15-11)7-5-9-3-1-2-4-10(9)14-12/h1-5,7H,6,8H2. The molecule has 1 aromatic rings. The van der Waals surface area contributed by atoms with Crippen LogP contribution in [0.3, 0.4) is 0 Å². The van der Waals surface area contributed by atoms with Crippen LogP contribution in [0.15, 0.2) is 30.3 Å². The van der Waals surface area contributed by atoms with Gasteiger partial charge in [0.05, 0.1) is 6.42 Å². The lowest BCUT2D eigenvalue weighted by molar-refractivity contribution is -0.164. The second kappa shape index (κ2) is 2.86. The van der Waals surface area contributed by atoms with Crippen LogP contribution in [0.25, 0.3) is 6.08 Å². The van der Waals surface area contributed by atoms with Gasteiger partial charge in [-0.3, -0.25) is 4.79 Å². The zero-order valence-electron chi connectivity index (χ0n) is 8.10. The molecule has 15 heavy (non-hydrogen) atoms. The number of carbonyl (C=O) groups is 1. The molecule has 1 aromatic carbocycles. The van der Waals surface area contributed by atoms with Crippen molar-refractivity contribution in [3.8, 4) is 5.75 Å². The highest BCUT2D eigenvalue weighted by molar-refractivity contribution is 5.73. The number of hydrogen-bond donors (Lipinski definition) is 0. The van der Waals surface area contributed by atoms with E-state index in [0.29, 0.717) is 12.8 Å². The van der Waals surface area contributed by atoms with Gasteiger partial charge in [0.2, 0.25) is 0 Å². The van der Waals surface area contributed by atoms with Gasteiger partial charge in [-0.25, -0.2) is 0 Å². The molecule has 2 aliphatic heterocycles. The summed E-state index contributed by atoms with van der Waals surface area (Å²) < 4.78 is 10.9. The fraction of sp³-hybridized carbons (Fsp3) is 0.250. The summed E-state index contributed by atoms with van der Waals surface area (Å²) in [7, 11) is 0. The number of para-hydroxylation sites is 1. The molecule has 3 nitrogen and oxygen atoms in total. The summed E-state index contributed by atoms with van der Waals surface area (Å²) in [4.78, 5) is 11.1. The normalized spacial score (nSPS) is 27.3. The Labute approximate surface area is 87.3 Å². The summed E-state index contributed by atoms with van der Waals surface area (Å²) >= 11 is 0. The Kier molecular flexibility index (Phi) is 1.63. The Morgan fingerprint density at radius 2 is 2.07 bits per heavy atom. The van der Waals surface area contributed by atoms with Crippen LogP contribution >= 0.6 is 0 Å². The lowest BCUT2D eigenvalue weighted by Crippen LogP contribution is -2.34. The van der Waals surface area contributed by atoms with Crippen molar-refractivity contribution in [2.45, 2.75) is 18.6 Å². The molecule has 1 fully saturated rings. The van der Waals surface area contributed by atoms with Gasteiger partial charge in [0, 0.05) is 18.1 Å². The molecule has 2 heterocycles. The van der Waals surface area contributed by atoms with Gasteiger partial charge >= 0.3 is 5.97 Å². The van der Waals surface area contributed by atoms with E-state index in [0.717, 1.165) is 11.3 Å². The molecule has 0 bridgehead atoms. The van der Waals surface area contributed by atoms with E-state index in [-0.39, 0.29) is 5.97 Å². The molecule has 1 saturated heterocycles. The lowest BCUT2D eigenvalue weighted by Gasteiger charge is -2.29. The highest BCUT2D eigenvalue weighted by Crippen LogP contribution is 2.37. The molecule has 0 aliphatic carbocycles. The van der Waals surface area contributed by atoms with Crippen molar-refractivity contribution in [3.05, 3.63) is 35.9 Å². The number of rotatable bonds is 0. The first-order valence-corrected chi connectivity index (χ1v) is 4.97.